The molecule has 2 heterocycles. The molecule has 0 radical (unpaired) electrons. The zero-order valence-electron chi connectivity index (χ0n) is 14.8. The molecule has 0 bridgehead atoms. The summed E-state index contributed by atoms with van der Waals surface area (Å²) in [6.45, 7) is 4.13. The highest BCUT2D eigenvalue weighted by atomic mass is 19.1. The fourth-order valence-electron chi connectivity index (χ4n) is 3.26. The molecule has 1 aromatic heterocycles. The van der Waals surface area contributed by atoms with Crippen molar-refractivity contribution in [3.05, 3.63) is 66.1 Å². The monoisotopic (exact) mass is 370 g/mol. The molecule has 140 valence electrons. The fourth-order valence-corrected chi connectivity index (χ4v) is 3.26. The van der Waals surface area contributed by atoms with Crippen molar-refractivity contribution >= 4 is 5.69 Å². The van der Waals surface area contributed by atoms with E-state index >= 15 is 0 Å². The first-order valence-corrected chi connectivity index (χ1v) is 8.98. The van der Waals surface area contributed by atoms with Gasteiger partial charge in [-0.05, 0) is 55.0 Å². The minimum Gasteiger partial charge on any atom is -0.419 e. The van der Waals surface area contributed by atoms with Crippen LogP contribution in [0.2, 0.25) is 0 Å². The highest BCUT2D eigenvalue weighted by Gasteiger charge is 2.18. The average Bonchev–Trinajstić information content (AvgIpc) is 3.01. The van der Waals surface area contributed by atoms with Crippen molar-refractivity contribution in [2.75, 3.05) is 31.1 Å². The van der Waals surface area contributed by atoms with Crippen LogP contribution in [-0.2, 0) is 6.54 Å². The zero-order chi connectivity index (χ0) is 18.6. The summed E-state index contributed by atoms with van der Waals surface area (Å²) in [6, 6.07) is 12.6. The molecule has 4 rings (SSSR count). The van der Waals surface area contributed by atoms with E-state index in [0.29, 0.717) is 23.9 Å². The lowest BCUT2D eigenvalue weighted by molar-refractivity contribution is 0.256. The Balaban J connectivity index is 1.37. The summed E-state index contributed by atoms with van der Waals surface area (Å²) in [5, 5.41) is 8.18. The van der Waals surface area contributed by atoms with Crippen LogP contribution in [0.3, 0.4) is 0 Å². The third kappa shape index (κ3) is 4.31. The summed E-state index contributed by atoms with van der Waals surface area (Å²) >= 11 is 0. The van der Waals surface area contributed by atoms with Gasteiger partial charge in [0.25, 0.3) is 0 Å². The third-order valence-corrected chi connectivity index (χ3v) is 4.70. The van der Waals surface area contributed by atoms with Crippen molar-refractivity contribution in [3.8, 4) is 11.5 Å². The number of benzene rings is 2. The van der Waals surface area contributed by atoms with Gasteiger partial charge in [-0.25, -0.2) is 8.78 Å². The minimum absolute atomic E-state index is 0.219. The first-order valence-electron chi connectivity index (χ1n) is 8.98. The molecule has 3 aromatic rings. The van der Waals surface area contributed by atoms with Crippen molar-refractivity contribution in [3.63, 3.8) is 0 Å². The molecule has 27 heavy (non-hydrogen) atoms. The van der Waals surface area contributed by atoms with Crippen molar-refractivity contribution in [1.82, 2.24) is 15.1 Å². The van der Waals surface area contributed by atoms with Gasteiger partial charge in [0.1, 0.15) is 11.6 Å². The van der Waals surface area contributed by atoms with E-state index in [1.807, 2.05) is 12.1 Å². The molecular formula is C20H20F2N4O. The molecule has 2 aromatic carbocycles. The lowest BCUT2D eigenvalue weighted by Gasteiger charge is -2.23. The van der Waals surface area contributed by atoms with Crippen molar-refractivity contribution in [1.29, 1.82) is 0 Å². The van der Waals surface area contributed by atoms with Crippen LogP contribution < -0.4 is 4.90 Å². The predicted molar refractivity (Wildman–Crippen MR) is 98.2 cm³/mol. The molecule has 0 spiro atoms. The van der Waals surface area contributed by atoms with Gasteiger partial charge < -0.3 is 9.32 Å². The van der Waals surface area contributed by atoms with Gasteiger partial charge in [-0.15, -0.1) is 10.2 Å². The molecule has 0 saturated carbocycles. The molecule has 1 fully saturated rings. The highest BCUT2D eigenvalue weighted by molar-refractivity contribution is 5.52. The van der Waals surface area contributed by atoms with E-state index in [9.17, 15) is 8.78 Å². The van der Waals surface area contributed by atoms with Crippen LogP contribution in [0, 0.1) is 11.6 Å². The summed E-state index contributed by atoms with van der Waals surface area (Å²) in [5.74, 6) is 0.426. The standard InChI is InChI=1S/C20H20F2N4O/c21-16-4-2-15(3-5-16)20-24-23-19(27-20)14-25-10-1-11-26(13-12-25)18-8-6-17(22)7-9-18/h2-9H,1,10-14H2. The fraction of sp³-hybridized carbons (Fsp3) is 0.300. The molecular weight excluding hydrogens is 350 g/mol. The van der Waals surface area contributed by atoms with E-state index in [1.54, 1.807) is 12.1 Å². The Labute approximate surface area is 156 Å². The van der Waals surface area contributed by atoms with E-state index in [1.165, 1.54) is 24.3 Å². The molecule has 0 aliphatic carbocycles. The van der Waals surface area contributed by atoms with Gasteiger partial charge >= 0.3 is 0 Å². The Morgan fingerprint density at radius 3 is 2.26 bits per heavy atom. The zero-order valence-corrected chi connectivity index (χ0v) is 14.8. The summed E-state index contributed by atoms with van der Waals surface area (Å²) in [6.07, 6.45) is 0.996. The van der Waals surface area contributed by atoms with Crippen LogP contribution in [0.15, 0.2) is 52.9 Å². The smallest absolute Gasteiger partial charge is 0.247 e. The minimum atomic E-state index is -0.297. The van der Waals surface area contributed by atoms with Gasteiger partial charge in [0, 0.05) is 37.4 Å². The maximum absolute atomic E-state index is 13.1. The molecule has 0 amide bonds. The quantitative estimate of drug-likeness (QED) is 0.700. The maximum Gasteiger partial charge on any atom is 0.247 e. The van der Waals surface area contributed by atoms with E-state index < -0.39 is 0 Å². The van der Waals surface area contributed by atoms with Crippen LogP contribution in [0.1, 0.15) is 12.3 Å². The Morgan fingerprint density at radius 1 is 0.815 bits per heavy atom. The number of rotatable bonds is 4. The van der Waals surface area contributed by atoms with Gasteiger partial charge in [0.15, 0.2) is 0 Å². The number of hydrogen-bond acceptors (Lipinski definition) is 5. The molecule has 0 unspecified atom stereocenters. The average molecular weight is 370 g/mol. The van der Waals surface area contributed by atoms with Crippen molar-refractivity contribution < 1.29 is 13.2 Å². The first-order chi connectivity index (χ1) is 13.2. The molecule has 1 aliphatic rings. The normalized spacial score (nSPS) is 15.7. The Morgan fingerprint density at radius 2 is 1.52 bits per heavy atom. The lowest BCUT2D eigenvalue weighted by Crippen LogP contribution is -2.30. The van der Waals surface area contributed by atoms with E-state index in [-0.39, 0.29) is 11.6 Å². The number of halogens is 2. The predicted octanol–water partition coefficient (Wildman–Crippen LogP) is 3.73. The van der Waals surface area contributed by atoms with Gasteiger partial charge in [-0.2, -0.15) is 0 Å². The van der Waals surface area contributed by atoms with Gasteiger partial charge in [-0.3, -0.25) is 4.90 Å². The number of hydrogen-bond donors (Lipinski definition) is 0. The van der Waals surface area contributed by atoms with Crippen LogP contribution in [0.4, 0.5) is 14.5 Å². The third-order valence-electron chi connectivity index (χ3n) is 4.70. The molecule has 5 nitrogen and oxygen atoms in total. The summed E-state index contributed by atoms with van der Waals surface area (Å²) in [4.78, 5) is 4.53. The topological polar surface area (TPSA) is 45.4 Å². The lowest BCUT2D eigenvalue weighted by atomic mass is 10.2. The molecule has 0 atom stereocenters. The van der Waals surface area contributed by atoms with Crippen LogP contribution in [-0.4, -0.2) is 41.3 Å². The summed E-state index contributed by atoms with van der Waals surface area (Å²) in [5.41, 5.74) is 1.74. The van der Waals surface area contributed by atoms with Crippen LogP contribution >= 0.6 is 0 Å². The number of anilines is 1. The van der Waals surface area contributed by atoms with Gasteiger partial charge in [-0.1, -0.05) is 0 Å². The highest BCUT2D eigenvalue weighted by Crippen LogP contribution is 2.20. The maximum atomic E-state index is 13.1. The van der Waals surface area contributed by atoms with Crippen LogP contribution in [0.25, 0.3) is 11.5 Å². The Hall–Kier alpha value is -2.80. The van der Waals surface area contributed by atoms with Crippen LogP contribution in [0.5, 0.6) is 0 Å². The SMILES string of the molecule is Fc1ccc(-c2nnc(CN3CCCN(c4ccc(F)cc4)CC3)o2)cc1. The molecule has 7 heteroatoms. The van der Waals surface area contributed by atoms with Gasteiger partial charge in [0.2, 0.25) is 11.8 Å². The second-order valence-electron chi connectivity index (χ2n) is 6.60. The second-order valence-corrected chi connectivity index (χ2v) is 6.60. The van der Waals surface area contributed by atoms with Gasteiger partial charge in [0.05, 0.1) is 6.54 Å². The largest absolute Gasteiger partial charge is 0.419 e. The summed E-state index contributed by atoms with van der Waals surface area (Å²) in [7, 11) is 0. The Bertz CT molecular complexity index is 880. The summed E-state index contributed by atoms with van der Waals surface area (Å²) < 4.78 is 31.9. The molecule has 1 aliphatic heterocycles. The van der Waals surface area contributed by atoms with Crippen molar-refractivity contribution in [2.24, 2.45) is 0 Å². The van der Waals surface area contributed by atoms with E-state index in [2.05, 4.69) is 20.0 Å². The second kappa shape index (κ2) is 7.84. The molecule has 0 N–H and O–H groups in total. The number of aromatic nitrogens is 2. The van der Waals surface area contributed by atoms with E-state index in [0.717, 1.165) is 38.3 Å². The van der Waals surface area contributed by atoms with Crippen molar-refractivity contribution in [2.45, 2.75) is 13.0 Å². The van der Waals surface area contributed by atoms with E-state index in [4.69, 9.17) is 4.42 Å². The molecule has 1 saturated heterocycles. The number of nitrogens with zero attached hydrogens (tertiary/aromatic N) is 4. The first kappa shape index (κ1) is 17.6. The Kier molecular flexibility index (Phi) is 5.11.